The zero-order valence-electron chi connectivity index (χ0n) is 11.5. The van der Waals surface area contributed by atoms with Gasteiger partial charge in [0.25, 0.3) is 5.91 Å². The van der Waals surface area contributed by atoms with Crippen molar-refractivity contribution in [3.63, 3.8) is 0 Å². The Hall–Kier alpha value is -1.26. The number of amides is 1. The standard InChI is InChI=1S/C15H15BrClNO2/c1-8-6-13(10(3)20-8)9(2)18-15(19)12-5-4-11(17)7-14(12)16/h4-7,9H,1-3H3,(H,18,19). The number of carbonyl (C=O) groups is 1. The van der Waals surface area contributed by atoms with Crippen molar-refractivity contribution in [2.24, 2.45) is 0 Å². The molecule has 3 nitrogen and oxygen atoms in total. The fraction of sp³-hybridized carbons (Fsp3) is 0.267. The molecule has 2 aromatic rings. The third-order valence-electron chi connectivity index (χ3n) is 3.07. The summed E-state index contributed by atoms with van der Waals surface area (Å²) in [5.41, 5.74) is 1.54. The van der Waals surface area contributed by atoms with Crippen LogP contribution in [-0.4, -0.2) is 5.91 Å². The summed E-state index contributed by atoms with van der Waals surface area (Å²) in [6.07, 6.45) is 0. The minimum atomic E-state index is -0.153. The van der Waals surface area contributed by atoms with Crippen LogP contribution in [0.15, 0.2) is 33.2 Å². The Morgan fingerprint density at radius 1 is 1.35 bits per heavy atom. The Labute approximate surface area is 131 Å². The Balaban J connectivity index is 2.17. The molecule has 106 valence electrons. The van der Waals surface area contributed by atoms with E-state index in [0.29, 0.717) is 15.1 Å². The van der Waals surface area contributed by atoms with Gasteiger partial charge >= 0.3 is 0 Å². The van der Waals surface area contributed by atoms with Crippen molar-refractivity contribution in [1.82, 2.24) is 5.32 Å². The molecule has 0 aliphatic rings. The first-order valence-corrected chi connectivity index (χ1v) is 7.38. The number of carbonyl (C=O) groups excluding carboxylic acids is 1. The van der Waals surface area contributed by atoms with Crippen molar-refractivity contribution < 1.29 is 9.21 Å². The zero-order valence-corrected chi connectivity index (χ0v) is 13.8. The van der Waals surface area contributed by atoms with Crippen molar-refractivity contribution in [2.45, 2.75) is 26.8 Å². The lowest BCUT2D eigenvalue weighted by molar-refractivity contribution is 0.0939. The molecule has 1 unspecified atom stereocenters. The van der Waals surface area contributed by atoms with Crippen molar-refractivity contribution in [1.29, 1.82) is 0 Å². The van der Waals surface area contributed by atoms with E-state index < -0.39 is 0 Å². The van der Waals surface area contributed by atoms with Crippen LogP contribution in [0, 0.1) is 13.8 Å². The summed E-state index contributed by atoms with van der Waals surface area (Å²) in [5.74, 6) is 1.51. The van der Waals surface area contributed by atoms with Crippen molar-refractivity contribution >= 4 is 33.4 Å². The molecule has 0 bridgehead atoms. The summed E-state index contributed by atoms with van der Waals surface area (Å²) in [7, 11) is 0. The van der Waals surface area contributed by atoms with Crippen molar-refractivity contribution in [3.8, 4) is 0 Å². The maximum atomic E-state index is 12.3. The van der Waals surface area contributed by atoms with Crippen molar-refractivity contribution in [3.05, 3.63) is 56.4 Å². The Kier molecular flexibility index (Phi) is 4.55. The predicted octanol–water partition coefficient (Wildman–Crippen LogP) is 4.80. The first-order valence-electron chi connectivity index (χ1n) is 6.21. The monoisotopic (exact) mass is 355 g/mol. The van der Waals surface area contributed by atoms with Gasteiger partial charge < -0.3 is 9.73 Å². The second-order valence-corrected chi connectivity index (χ2v) is 5.98. The third kappa shape index (κ3) is 3.25. The Morgan fingerprint density at radius 2 is 2.05 bits per heavy atom. The highest BCUT2D eigenvalue weighted by molar-refractivity contribution is 9.10. The average Bonchev–Trinajstić information content (AvgIpc) is 2.68. The van der Waals surface area contributed by atoms with Crippen LogP contribution in [-0.2, 0) is 0 Å². The van der Waals surface area contributed by atoms with Crippen LogP contribution in [0.3, 0.4) is 0 Å². The molecule has 0 radical (unpaired) electrons. The molecule has 0 fully saturated rings. The van der Waals surface area contributed by atoms with E-state index in [0.717, 1.165) is 17.1 Å². The molecule has 1 N–H and O–H groups in total. The number of rotatable bonds is 3. The van der Waals surface area contributed by atoms with Gasteiger partial charge in [0.05, 0.1) is 11.6 Å². The van der Waals surface area contributed by atoms with Crippen LogP contribution in [0.4, 0.5) is 0 Å². The number of halogens is 2. The first kappa shape index (κ1) is 15.1. The fourth-order valence-electron chi connectivity index (χ4n) is 2.11. The summed E-state index contributed by atoms with van der Waals surface area (Å²) >= 11 is 9.22. The van der Waals surface area contributed by atoms with E-state index in [4.69, 9.17) is 16.0 Å². The van der Waals surface area contributed by atoms with Crippen LogP contribution < -0.4 is 5.32 Å². The topological polar surface area (TPSA) is 42.2 Å². The summed E-state index contributed by atoms with van der Waals surface area (Å²) in [6.45, 7) is 5.71. The van der Waals surface area contributed by atoms with E-state index in [1.807, 2.05) is 26.8 Å². The summed E-state index contributed by atoms with van der Waals surface area (Å²) in [4.78, 5) is 12.3. The van der Waals surface area contributed by atoms with Crippen LogP contribution in [0.5, 0.6) is 0 Å². The lowest BCUT2D eigenvalue weighted by Crippen LogP contribution is -2.27. The molecule has 5 heteroatoms. The molecule has 2 rings (SSSR count). The second-order valence-electron chi connectivity index (χ2n) is 4.69. The van der Waals surface area contributed by atoms with Gasteiger partial charge in [0.1, 0.15) is 11.5 Å². The number of benzene rings is 1. The summed E-state index contributed by atoms with van der Waals surface area (Å²) < 4.78 is 6.16. The molecule has 1 amide bonds. The average molecular weight is 357 g/mol. The van der Waals surface area contributed by atoms with Gasteiger partial charge in [-0.1, -0.05) is 11.6 Å². The lowest BCUT2D eigenvalue weighted by atomic mass is 10.1. The molecule has 1 aromatic heterocycles. The second kappa shape index (κ2) is 6.02. The van der Waals surface area contributed by atoms with Gasteiger partial charge in [-0.3, -0.25) is 4.79 Å². The number of nitrogens with one attached hydrogen (secondary N) is 1. The van der Waals surface area contributed by atoms with E-state index in [1.54, 1.807) is 18.2 Å². The third-order valence-corrected chi connectivity index (χ3v) is 3.96. The molecule has 0 saturated heterocycles. The molecule has 1 atom stereocenters. The Bertz CT molecular complexity index is 651. The largest absolute Gasteiger partial charge is 0.466 e. The normalized spacial score (nSPS) is 12.2. The van der Waals surface area contributed by atoms with Crippen LogP contribution in [0.1, 0.15) is 40.4 Å². The molecule has 0 spiro atoms. The molecule has 1 aromatic carbocycles. The lowest BCUT2D eigenvalue weighted by Gasteiger charge is -2.14. The maximum Gasteiger partial charge on any atom is 0.252 e. The van der Waals surface area contributed by atoms with E-state index in [2.05, 4.69) is 21.2 Å². The van der Waals surface area contributed by atoms with Crippen molar-refractivity contribution in [2.75, 3.05) is 0 Å². The predicted molar refractivity (Wildman–Crippen MR) is 83.2 cm³/mol. The number of furan rings is 1. The molecule has 20 heavy (non-hydrogen) atoms. The minimum absolute atomic E-state index is 0.123. The summed E-state index contributed by atoms with van der Waals surface area (Å²) in [5, 5.41) is 3.54. The van der Waals surface area contributed by atoms with Gasteiger partial charge in [-0.15, -0.1) is 0 Å². The molecule has 1 heterocycles. The first-order chi connectivity index (χ1) is 9.38. The molecule has 0 saturated carbocycles. The minimum Gasteiger partial charge on any atom is -0.466 e. The van der Waals surface area contributed by atoms with E-state index in [1.165, 1.54) is 0 Å². The Morgan fingerprint density at radius 3 is 2.60 bits per heavy atom. The fourth-order valence-corrected chi connectivity index (χ4v) is 2.97. The molecular formula is C15H15BrClNO2. The maximum absolute atomic E-state index is 12.3. The van der Waals surface area contributed by atoms with Gasteiger partial charge in [0.15, 0.2) is 0 Å². The van der Waals surface area contributed by atoms with Crippen LogP contribution >= 0.6 is 27.5 Å². The van der Waals surface area contributed by atoms with Crippen LogP contribution in [0.25, 0.3) is 0 Å². The van der Waals surface area contributed by atoms with E-state index >= 15 is 0 Å². The van der Waals surface area contributed by atoms with Gasteiger partial charge in [-0.25, -0.2) is 0 Å². The van der Waals surface area contributed by atoms with Gasteiger partial charge in [-0.05, 0) is 61.0 Å². The van der Waals surface area contributed by atoms with E-state index in [-0.39, 0.29) is 11.9 Å². The van der Waals surface area contributed by atoms with Gasteiger partial charge in [-0.2, -0.15) is 0 Å². The van der Waals surface area contributed by atoms with Gasteiger partial charge in [0, 0.05) is 15.1 Å². The quantitative estimate of drug-likeness (QED) is 0.858. The smallest absolute Gasteiger partial charge is 0.252 e. The van der Waals surface area contributed by atoms with Gasteiger partial charge in [0.2, 0.25) is 0 Å². The van der Waals surface area contributed by atoms with E-state index in [9.17, 15) is 4.79 Å². The number of aryl methyl sites for hydroxylation is 2. The van der Waals surface area contributed by atoms with Crippen LogP contribution in [0.2, 0.25) is 5.02 Å². The SMILES string of the molecule is Cc1cc(C(C)NC(=O)c2ccc(Cl)cc2Br)c(C)o1. The molecular weight excluding hydrogens is 342 g/mol. The highest BCUT2D eigenvalue weighted by Gasteiger charge is 2.17. The molecule has 0 aliphatic heterocycles. The highest BCUT2D eigenvalue weighted by atomic mass is 79.9. The number of hydrogen-bond acceptors (Lipinski definition) is 2. The highest BCUT2D eigenvalue weighted by Crippen LogP contribution is 2.24. The molecule has 0 aliphatic carbocycles. The summed E-state index contributed by atoms with van der Waals surface area (Å²) in [6, 6.07) is 6.91. The number of hydrogen-bond donors (Lipinski definition) is 1. The zero-order chi connectivity index (χ0) is 14.9.